The zero-order valence-corrected chi connectivity index (χ0v) is 14.0. The highest BCUT2D eigenvalue weighted by Crippen LogP contribution is 2.42. The van der Waals surface area contributed by atoms with Crippen molar-refractivity contribution in [1.82, 2.24) is 9.78 Å². The van der Waals surface area contributed by atoms with Crippen LogP contribution in [0.2, 0.25) is 14.4 Å². The molecule has 0 saturated heterocycles. The predicted octanol–water partition coefficient (Wildman–Crippen LogP) is 5.36. The zero-order valence-electron chi connectivity index (χ0n) is 10.9. The lowest BCUT2D eigenvalue weighted by Crippen LogP contribution is -1.98. The zero-order chi connectivity index (χ0) is 15.1. The number of hydrogen-bond donors (Lipinski definition) is 1. The first-order valence-electron chi connectivity index (χ1n) is 6.01. The topological polar surface area (TPSA) is 43.8 Å². The van der Waals surface area contributed by atoms with Crippen LogP contribution >= 0.6 is 46.1 Å². The Kier molecular flexibility index (Phi) is 3.88. The van der Waals surface area contributed by atoms with Crippen LogP contribution in [0.15, 0.2) is 30.3 Å². The van der Waals surface area contributed by atoms with Crippen molar-refractivity contribution < 1.29 is 0 Å². The molecule has 2 heterocycles. The first-order valence-corrected chi connectivity index (χ1v) is 7.96. The summed E-state index contributed by atoms with van der Waals surface area (Å²) >= 11 is 19.7. The van der Waals surface area contributed by atoms with Crippen LogP contribution in [0.3, 0.4) is 0 Å². The van der Waals surface area contributed by atoms with Crippen LogP contribution in [0.5, 0.6) is 0 Å². The van der Waals surface area contributed by atoms with E-state index in [1.807, 2.05) is 18.2 Å². The van der Waals surface area contributed by atoms with Gasteiger partial charge in [0, 0.05) is 17.6 Å². The molecule has 2 N–H and O–H groups in total. The lowest BCUT2D eigenvalue weighted by molar-refractivity contribution is 0.783. The third-order valence-electron chi connectivity index (χ3n) is 3.10. The summed E-state index contributed by atoms with van der Waals surface area (Å²) in [6, 6.07) is 9.06. The van der Waals surface area contributed by atoms with Gasteiger partial charge in [-0.3, -0.25) is 4.68 Å². The average molecular weight is 359 g/mol. The number of anilines is 1. The van der Waals surface area contributed by atoms with Crippen molar-refractivity contribution >= 4 is 52.0 Å². The van der Waals surface area contributed by atoms with E-state index >= 15 is 0 Å². The van der Waals surface area contributed by atoms with Gasteiger partial charge in [0.1, 0.15) is 11.5 Å². The minimum Gasteiger partial charge on any atom is -0.383 e. The molecule has 108 valence electrons. The summed E-state index contributed by atoms with van der Waals surface area (Å²) in [6.45, 7) is 0. The lowest BCUT2D eigenvalue weighted by Gasteiger charge is -2.06. The Morgan fingerprint density at radius 2 is 1.90 bits per heavy atom. The van der Waals surface area contributed by atoms with Gasteiger partial charge in [-0.2, -0.15) is 5.10 Å². The van der Waals surface area contributed by atoms with Gasteiger partial charge in [0.25, 0.3) is 0 Å². The summed E-state index contributed by atoms with van der Waals surface area (Å²) in [7, 11) is 1.79. The molecule has 0 spiro atoms. The third-order valence-corrected chi connectivity index (χ3v) is 4.88. The van der Waals surface area contributed by atoms with Crippen LogP contribution in [-0.4, -0.2) is 9.78 Å². The second kappa shape index (κ2) is 5.54. The first-order chi connectivity index (χ1) is 9.97. The molecule has 0 fully saturated rings. The number of aryl methyl sites for hydroxylation is 1. The largest absolute Gasteiger partial charge is 0.383 e. The number of nitrogens with zero attached hydrogens (tertiary/aromatic N) is 2. The monoisotopic (exact) mass is 357 g/mol. The van der Waals surface area contributed by atoms with Crippen molar-refractivity contribution in [1.29, 1.82) is 0 Å². The molecule has 1 aromatic carbocycles. The number of halogens is 3. The summed E-state index contributed by atoms with van der Waals surface area (Å²) in [4.78, 5) is 0.938. The van der Waals surface area contributed by atoms with Gasteiger partial charge in [-0.25, -0.2) is 0 Å². The molecule has 0 atom stereocenters. The molecular formula is C14H10Cl3N3S. The Hall–Kier alpha value is -1.20. The van der Waals surface area contributed by atoms with Gasteiger partial charge in [-0.15, -0.1) is 11.3 Å². The number of benzene rings is 1. The first kappa shape index (κ1) is 14.7. The number of rotatable bonds is 2. The normalized spacial score (nSPS) is 11.0. The van der Waals surface area contributed by atoms with Crippen LogP contribution in [0.1, 0.15) is 0 Å². The van der Waals surface area contributed by atoms with Crippen molar-refractivity contribution in [3.8, 4) is 21.7 Å². The highest BCUT2D eigenvalue weighted by molar-refractivity contribution is 7.19. The molecule has 2 aromatic heterocycles. The van der Waals surface area contributed by atoms with E-state index < -0.39 is 0 Å². The number of aromatic nitrogens is 2. The van der Waals surface area contributed by atoms with E-state index in [-0.39, 0.29) is 0 Å². The van der Waals surface area contributed by atoms with E-state index in [1.165, 1.54) is 11.3 Å². The molecule has 3 rings (SSSR count). The molecule has 0 aliphatic rings. The third kappa shape index (κ3) is 2.64. The Bertz CT molecular complexity index is 823. The minimum absolute atomic E-state index is 0.533. The van der Waals surface area contributed by atoms with Crippen molar-refractivity contribution in [2.24, 2.45) is 7.05 Å². The molecular weight excluding hydrogens is 349 g/mol. The van der Waals surface area contributed by atoms with Crippen LogP contribution in [0, 0.1) is 0 Å². The number of nitrogen functional groups attached to an aromatic ring is 1. The van der Waals surface area contributed by atoms with Gasteiger partial charge in [-0.05, 0) is 24.3 Å². The second-order valence-corrected chi connectivity index (χ2v) is 7.02. The molecule has 0 saturated carbocycles. The van der Waals surface area contributed by atoms with Crippen LogP contribution in [-0.2, 0) is 7.05 Å². The maximum absolute atomic E-state index is 6.31. The van der Waals surface area contributed by atoms with E-state index in [1.54, 1.807) is 23.9 Å². The standard InChI is InChI=1S/C14H10Cl3N3S/c1-20-14(18)12(8-3-2-7(15)6-9(8)16)13(19-20)10-4-5-11(17)21-10/h2-6H,18H2,1H3. The highest BCUT2D eigenvalue weighted by atomic mass is 35.5. The fourth-order valence-electron chi connectivity index (χ4n) is 2.11. The Balaban J connectivity index is 2.26. The van der Waals surface area contributed by atoms with Gasteiger partial charge in [0.05, 0.1) is 19.8 Å². The molecule has 0 amide bonds. The lowest BCUT2D eigenvalue weighted by atomic mass is 10.0. The van der Waals surface area contributed by atoms with Crippen molar-refractivity contribution in [2.45, 2.75) is 0 Å². The number of thiophene rings is 1. The number of hydrogen-bond acceptors (Lipinski definition) is 3. The van der Waals surface area contributed by atoms with Gasteiger partial charge in [-0.1, -0.05) is 40.9 Å². The summed E-state index contributed by atoms with van der Waals surface area (Å²) in [5, 5.41) is 5.59. The fraction of sp³-hybridized carbons (Fsp3) is 0.0714. The Morgan fingerprint density at radius 3 is 2.52 bits per heavy atom. The quantitative estimate of drug-likeness (QED) is 0.670. The molecule has 3 aromatic rings. The smallest absolute Gasteiger partial charge is 0.130 e. The van der Waals surface area contributed by atoms with Crippen molar-refractivity contribution in [3.63, 3.8) is 0 Å². The molecule has 3 nitrogen and oxygen atoms in total. The van der Waals surface area contributed by atoms with Gasteiger partial charge in [0.2, 0.25) is 0 Å². The van der Waals surface area contributed by atoms with E-state index in [0.29, 0.717) is 20.2 Å². The molecule has 0 aliphatic carbocycles. The maximum Gasteiger partial charge on any atom is 0.130 e. The molecule has 0 radical (unpaired) electrons. The molecule has 21 heavy (non-hydrogen) atoms. The predicted molar refractivity (Wildman–Crippen MR) is 91.4 cm³/mol. The average Bonchev–Trinajstić information content (AvgIpc) is 2.96. The molecule has 0 aliphatic heterocycles. The van der Waals surface area contributed by atoms with Crippen LogP contribution in [0.4, 0.5) is 5.82 Å². The van der Waals surface area contributed by atoms with E-state index in [2.05, 4.69) is 5.10 Å². The SMILES string of the molecule is Cn1nc(-c2ccc(Cl)s2)c(-c2ccc(Cl)cc2Cl)c1N. The maximum atomic E-state index is 6.31. The van der Waals surface area contributed by atoms with E-state index in [0.717, 1.165) is 21.7 Å². The molecule has 7 heteroatoms. The summed E-state index contributed by atoms with van der Waals surface area (Å²) in [5.74, 6) is 0.541. The van der Waals surface area contributed by atoms with Gasteiger partial charge >= 0.3 is 0 Å². The Labute approximate surface area is 140 Å². The van der Waals surface area contributed by atoms with E-state index in [4.69, 9.17) is 40.5 Å². The van der Waals surface area contributed by atoms with Gasteiger partial charge in [0.15, 0.2) is 0 Å². The summed E-state index contributed by atoms with van der Waals surface area (Å²) < 4.78 is 2.32. The highest BCUT2D eigenvalue weighted by Gasteiger charge is 2.20. The van der Waals surface area contributed by atoms with Crippen molar-refractivity contribution in [2.75, 3.05) is 5.73 Å². The summed E-state index contributed by atoms with van der Waals surface area (Å²) in [6.07, 6.45) is 0. The van der Waals surface area contributed by atoms with Crippen molar-refractivity contribution in [3.05, 3.63) is 44.7 Å². The van der Waals surface area contributed by atoms with Crippen LogP contribution < -0.4 is 5.73 Å². The molecule has 0 unspecified atom stereocenters. The minimum atomic E-state index is 0.533. The molecule has 0 bridgehead atoms. The fourth-order valence-corrected chi connectivity index (χ4v) is 3.65. The second-order valence-electron chi connectivity index (χ2n) is 4.46. The number of nitrogens with two attached hydrogens (primary N) is 1. The summed E-state index contributed by atoms with van der Waals surface area (Å²) in [5.41, 5.74) is 8.51. The van der Waals surface area contributed by atoms with Gasteiger partial charge < -0.3 is 5.73 Å². The Morgan fingerprint density at radius 1 is 1.14 bits per heavy atom. The van der Waals surface area contributed by atoms with Crippen LogP contribution in [0.25, 0.3) is 21.7 Å². The van der Waals surface area contributed by atoms with E-state index in [9.17, 15) is 0 Å².